The summed E-state index contributed by atoms with van der Waals surface area (Å²) >= 11 is 0. The first-order valence-electron chi connectivity index (χ1n) is 5.94. The summed E-state index contributed by atoms with van der Waals surface area (Å²) in [5.74, 6) is -3.60. The van der Waals surface area contributed by atoms with E-state index < -0.39 is 41.4 Å². The van der Waals surface area contributed by atoms with Gasteiger partial charge in [-0.05, 0) is 18.2 Å². The van der Waals surface area contributed by atoms with E-state index in [0.29, 0.717) is 6.07 Å². The molecule has 1 aromatic rings. The second-order valence-electron chi connectivity index (χ2n) is 4.69. The molecule has 5 nitrogen and oxygen atoms in total. The summed E-state index contributed by atoms with van der Waals surface area (Å²) in [5, 5.41) is 8.96. The third kappa shape index (κ3) is 4.11. The Labute approximate surface area is 118 Å². The van der Waals surface area contributed by atoms with E-state index in [-0.39, 0.29) is 5.56 Å². The van der Waals surface area contributed by atoms with Crippen molar-refractivity contribution >= 4 is 11.9 Å². The Balaban J connectivity index is 3.29. The number of nitrogens with two attached hydrogens (primary N) is 1. The summed E-state index contributed by atoms with van der Waals surface area (Å²) in [5.41, 5.74) is 3.35. The van der Waals surface area contributed by atoms with Gasteiger partial charge in [-0.2, -0.15) is 13.2 Å². The van der Waals surface area contributed by atoms with E-state index in [2.05, 4.69) is 0 Å². The summed E-state index contributed by atoms with van der Waals surface area (Å²) in [6, 6.07) is 2.48. The summed E-state index contributed by atoms with van der Waals surface area (Å²) < 4.78 is 43.9. The van der Waals surface area contributed by atoms with Gasteiger partial charge in [-0.3, -0.25) is 4.79 Å². The summed E-state index contributed by atoms with van der Waals surface area (Å²) in [7, 11) is 0. The third-order valence-corrected chi connectivity index (χ3v) is 2.67. The maximum Gasteiger partial charge on any atom is 0.419 e. The Bertz CT molecular complexity index is 555. The monoisotopic (exact) mass is 305 g/mol. The molecular formula is C13H14F3NO4. The molecule has 0 bridgehead atoms. The van der Waals surface area contributed by atoms with Crippen LogP contribution < -0.4 is 10.5 Å². The van der Waals surface area contributed by atoms with Gasteiger partial charge in [0.25, 0.3) is 0 Å². The number of alkyl halides is 3. The van der Waals surface area contributed by atoms with Gasteiger partial charge in [0.15, 0.2) is 6.10 Å². The van der Waals surface area contributed by atoms with Crippen molar-refractivity contribution < 1.29 is 32.6 Å². The molecule has 1 atom stereocenters. The molecule has 116 valence electrons. The minimum Gasteiger partial charge on any atom is -0.478 e. The molecule has 1 aromatic carbocycles. The summed E-state index contributed by atoms with van der Waals surface area (Å²) in [4.78, 5) is 22.0. The highest BCUT2D eigenvalue weighted by Gasteiger charge is 2.36. The van der Waals surface area contributed by atoms with E-state index in [1.807, 2.05) is 0 Å². The lowest BCUT2D eigenvalue weighted by Crippen LogP contribution is -2.33. The van der Waals surface area contributed by atoms with Gasteiger partial charge in [-0.1, -0.05) is 13.8 Å². The molecule has 21 heavy (non-hydrogen) atoms. The Hall–Kier alpha value is -2.25. The molecule has 0 aliphatic rings. The summed E-state index contributed by atoms with van der Waals surface area (Å²) in [6.45, 7) is 3.01. The second kappa shape index (κ2) is 6.02. The van der Waals surface area contributed by atoms with Gasteiger partial charge in [0.1, 0.15) is 5.75 Å². The number of carbonyl (C=O) groups excluding carboxylic acids is 1. The van der Waals surface area contributed by atoms with Crippen molar-refractivity contribution in [1.29, 1.82) is 0 Å². The van der Waals surface area contributed by atoms with E-state index in [0.717, 1.165) is 12.1 Å². The lowest BCUT2D eigenvalue weighted by atomic mass is 10.1. The van der Waals surface area contributed by atoms with Crippen molar-refractivity contribution in [3.63, 3.8) is 0 Å². The minimum absolute atomic E-state index is 0.342. The predicted molar refractivity (Wildman–Crippen MR) is 66.9 cm³/mol. The van der Waals surface area contributed by atoms with Crippen molar-refractivity contribution in [2.75, 3.05) is 0 Å². The number of amides is 1. The predicted octanol–water partition coefficient (Wildman–Crippen LogP) is 2.29. The van der Waals surface area contributed by atoms with Crippen LogP contribution in [0.2, 0.25) is 0 Å². The van der Waals surface area contributed by atoms with Crippen LogP contribution in [-0.4, -0.2) is 23.1 Å². The van der Waals surface area contributed by atoms with Crippen LogP contribution in [0.1, 0.15) is 29.8 Å². The van der Waals surface area contributed by atoms with Crippen LogP contribution in [0.3, 0.4) is 0 Å². The third-order valence-electron chi connectivity index (χ3n) is 2.67. The number of hydrogen-bond donors (Lipinski definition) is 2. The molecule has 0 saturated carbocycles. The van der Waals surface area contributed by atoms with Gasteiger partial charge in [0, 0.05) is 11.5 Å². The molecule has 0 aromatic heterocycles. The lowest BCUT2D eigenvalue weighted by Gasteiger charge is -2.21. The molecule has 0 heterocycles. The molecule has 0 spiro atoms. The maximum absolute atomic E-state index is 13.0. The topological polar surface area (TPSA) is 89.6 Å². The zero-order chi connectivity index (χ0) is 16.4. The fourth-order valence-corrected chi connectivity index (χ4v) is 1.62. The Morgan fingerprint density at radius 3 is 2.24 bits per heavy atom. The quantitative estimate of drug-likeness (QED) is 0.873. The standard InChI is InChI=1S/C13H14F3NO4/c1-6(2)10(12(19)20)21-9-4-3-7(11(17)18)5-8(9)13(14,15)16/h3-6,10H,1-2H3,(H2,17,18)(H,19,20). The number of carboxylic acid groups (broad SMARTS) is 1. The number of hydrogen-bond acceptors (Lipinski definition) is 3. The molecule has 1 unspecified atom stereocenters. The molecule has 1 amide bonds. The molecule has 1 rings (SSSR count). The van der Waals surface area contributed by atoms with E-state index in [1.54, 1.807) is 0 Å². The van der Waals surface area contributed by atoms with Crippen LogP contribution >= 0.6 is 0 Å². The number of aliphatic carboxylic acids is 1. The van der Waals surface area contributed by atoms with Crippen molar-refractivity contribution in [2.45, 2.75) is 26.1 Å². The first kappa shape index (κ1) is 16.8. The Morgan fingerprint density at radius 1 is 1.29 bits per heavy atom. The number of rotatable bonds is 5. The van der Waals surface area contributed by atoms with Crippen LogP contribution in [0.4, 0.5) is 13.2 Å². The SMILES string of the molecule is CC(C)C(Oc1ccc(C(N)=O)cc1C(F)(F)F)C(=O)O. The average molecular weight is 305 g/mol. The molecule has 3 N–H and O–H groups in total. The van der Waals surface area contributed by atoms with Crippen LogP contribution in [0.15, 0.2) is 18.2 Å². The fraction of sp³-hybridized carbons (Fsp3) is 0.385. The lowest BCUT2D eigenvalue weighted by molar-refractivity contribution is -0.150. The number of primary amides is 1. The van der Waals surface area contributed by atoms with Crippen LogP contribution in [0, 0.1) is 5.92 Å². The van der Waals surface area contributed by atoms with Crippen LogP contribution in [0.25, 0.3) is 0 Å². The van der Waals surface area contributed by atoms with Gasteiger partial charge >= 0.3 is 12.1 Å². The highest BCUT2D eigenvalue weighted by atomic mass is 19.4. The first-order valence-corrected chi connectivity index (χ1v) is 5.94. The van der Waals surface area contributed by atoms with Crippen molar-refractivity contribution in [2.24, 2.45) is 11.7 Å². The molecule has 0 aliphatic heterocycles. The molecule has 0 saturated heterocycles. The normalized spacial score (nSPS) is 13.0. The number of benzene rings is 1. The molecule has 0 fully saturated rings. The number of carboxylic acids is 1. The van der Waals surface area contributed by atoms with Crippen LogP contribution in [-0.2, 0) is 11.0 Å². The second-order valence-corrected chi connectivity index (χ2v) is 4.69. The highest BCUT2D eigenvalue weighted by molar-refractivity contribution is 5.93. The minimum atomic E-state index is -4.80. The molecule has 0 aliphatic carbocycles. The van der Waals surface area contributed by atoms with Crippen molar-refractivity contribution in [3.8, 4) is 5.75 Å². The van der Waals surface area contributed by atoms with Crippen LogP contribution in [0.5, 0.6) is 5.75 Å². The Kier molecular flexibility index (Phi) is 4.82. The fourth-order valence-electron chi connectivity index (χ4n) is 1.62. The van der Waals surface area contributed by atoms with E-state index >= 15 is 0 Å². The van der Waals surface area contributed by atoms with Crippen molar-refractivity contribution in [3.05, 3.63) is 29.3 Å². The number of ether oxygens (including phenoxy) is 1. The van der Waals surface area contributed by atoms with E-state index in [1.165, 1.54) is 13.8 Å². The van der Waals surface area contributed by atoms with E-state index in [9.17, 15) is 22.8 Å². The smallest absolute Gasteiger partial charge is 0.419 e. The van der Waals surface area contributed by atoms with Gasteiger partial charge < -0.3 is 15.6 Å². The van der Waals surface area contributed by atoms with E-state index in [4.69, 9.17) is 15.6 Å². The Morgan fingerprint density at radius 2 is 1.86 bits per heavy atom. The highest BCUT2D eigenvalue weighted by Crippen LogP contribution is 2.37. The first-order chi connectivity index (χ1) is 9.54. The van der Waals surface area contributed by atoms with Gasteiger partial charge in [-0.25, -0.2) is 4.79 Å². The molecule has 0 radical (unpaired) electrons. The number of carbonyl (C=O) groups is 2. The number of halogens is 3. The average Bonchev–Trinajstić information content (AvgIpc) is 2.33. The largest absolute Gasteiger partial charge is 0.478 e. The van der Waals surface area contributed by atoms with Gasteiger partial charge in [0.2, 0.25) is 5.91 Å². The summed E-state index contributed by atoms with van der Waals surface area (Å²) in [6.07, 6.45) is -6.24. The zero-order valence-corrected chi connectivity index (χ0v) is 11.3. The van der Waals surface area contributed by atoms with Crippen molar-refractivity contribution in [1.82, 2.24) is 0 Å². The maximum atomic E-state index is 13.0. The molecule has 8 heteroatoms. The van der Waals surface area contributed by atoms with Gasteiger partial charge in [0.05, 0.1) is 5.56 Å². The van der Waals surface area contributed by atoms with Gasteiger partial charge in [-0.15, -0.1) is 0 Å². The molecular weight excluding hydrogens is 291 g/mol. The zero-order valence-electron chi connectivity index (χ0n) is 11.3.